The number of hydrogen-bond acceptors (Lipinski definition) is 1. The minimum Gasteiger partial charge on any atom is -1.00 e. The lowest BCUT2D eigenvalue weighted by molar-refractivity contribution is -0.870. The average molecular weight is 434 g/mol. The quantitative estimate of drug-likeness (QED) is 0.232. The average Bonchev–Trinajstić information content (AvgIpc) is 2.22. The minimum atomic E-state index is 0. The van der Waals surface area contributed by atoms with Gasteiger partial charge in [-0.3, -0.25) is 0 Å². The van der Waals surface area contributed by atoms with Gasteiger partial charge in [0.15, 0.2) is 0 Å². The number of nitrogens with zero attached hydrogens (tertiary/aromatic N) is 2. The van der Waals surface area contributed by atoms with E-state index in [1.165, 1.54) is 51.6 Å². The molecule has 0 heterocycles. The van der Waals surface area contributed by atoms with Gasteiger partial charge in [-0.05, 0) is 38.5 Å². The Kier molecular flexibility index (Phi) is 18.4. The Labute approximate surface area is 154 Å². The smallest absolute Gasteiger partial charge is 0.0780 e. The van der Waals surface area contributed by atoms with Gasteiger partial charge in [0.2, 0.25) is 0 Å². The van der Waals surface area contributed by atoms with E-state index in [9.17, 15) is 0 Å². The third kappa shape index (κ3) is 26.1. The summed E-state index contributed by atoms with van der Waals surface area (Å²) >= 11 is 0. The lowest BCUT2D eigenvalue weighted by Crippen LogP contribution is -3.00. The molecule has 0 unspecified atom stereocenters. The van der Waals surface area contributed by atoms with Gasteiger partial charge >= 0.3 is 0 Å². The van der Waals surface area contributed by atoms with E-state index in [1.807, 2.05) is 0 Å². The van der Waals surface area contributed by atoms with Crippen LogP contribution in [0.1, 0.15) is 38.5 Å². The molecular weight excluding hydrogens is 396 g/mol. The maximum absolute atomic E-state index is 5.69. The van der Waals surface area contributed by atoms with Crippen molar-refractivity contribution in [2.45, 2.75) is 38.5 Å². The summed E-state index contributed by atoms with van der Waals surface area (Å²) < 4.78 is 7.84. The number of unbranched alkanes of at least 4 members (excludes halogenated alkanes) is 4. The largest absolute Gasteiger partial charge is 1.00 e. The van der Waals surface area contributed by atoms with Gasteiger partial charge in [0.25, 0.3) is 0 Å². The second-order valence-electron chi connectivity index (χ2n) is 7.76. The van der Waals surface area contributed by atoms with Crippen molar-refractivity contribution in [3.05, 3.63) is 0 Å². The second-order valence-corrected chi connectivity index (χ2v) is 7.76. The lowest BCUT2D eigenvalue weighted by atomic mass is 10.2. The van der Waals surface area contributed by atoms with Crippen LogP contribution in [0.25, 0.3) is 0 Å². The summed E-state index contributed by atoms with van der Waals surface area (Å²) in [6.45, 7) is 4.44. The molecule has 0 spiro atoms. The fraction of sp³-hybridized carbons (Fsp3) is 1.00. The highest BCUT2D eigenvalue weighted by Gasteiger charge is 2.06. The standard InChI is InChI=1S/C16H38N2O.2BrH/c1-17(2,3)13-9-7-11-15-19-16-12-8-10-14-18(4,5)6;;/h7-16H2,1-6H3;2*1H/q+2;;/p-2. The summed E-state index contributed by atoms with van der Waals surface area (Å²) in [6.07, 6.45) is 7.68. The molecule has 0 amide bonds. The number of ether oxygens (including phenoxy) is 1. The molecule has 0 rings (SSSR count). The number of hydrogen-bond donors (Lipinski definition) is 0. The zero-order valence-corrected chi connectivity index (χ0v) is 18.3. The Balaban J connectivity index is -0.00000162. The van der Waals surface area contributed by atoms with Gasteiger partial charge in [0.1, 0.15) is 0 Å². The van der Waals surface area contributed by atoms with Crippen molar-refractivity contribution < 1.29 is 47.7 Å². The van der Waals surface area contributed by atoms with Crippen LogP contribution in [0.2, 0.25) is 0 Å². The molecule has 0 radical (unpaired) electrons. The lowest BCUT2D eigenvalue weighted by Gasteiger charge is -2.23. The molecule has 0 saturated carbocycles. The molecule has 3 nitrogen and oxygen atoms in total. The molecule has 0 aromatic rings. The first-order valence-electron chi connectivity index (χ1n) is 7.89. The van der Waals surface area contributed by atoms with E-state index in [-0.39, 0.29) is 34.0 Å². The van der Waals surface area contributed by atoms with Gasteiger partial charge in [-0.25, -0.2) is 0 Å². The molecule has 0 aromatic carbocycles. The molecule has 0 aliphatic rings. The first-order chi connectivity index (χ1) is 8.71. The third-order valence-corrected chi connectivity index (χ3v) is 3.24. The highest BCUT2D eigenvalue weighted by Crippen LogP contribution is 2.03. The highest BCUT2D eigenvalue weighted by molar-refractivity contribution is 4.43. The van der Waals surface area contributed by atoms with E-state index in [0.717, 1.165) is 22.2 Å². The maximum Gasteiger partial charge on any atom is 0.0780 e. The minimum absolute atomic E-state index is 0. The predicted molar refractivity (Wildman–Crippen MR) is 84.3 cm³/mol. The Morgan fingerprint density at radius 1 is 0.524 bits per heavy atom. The van der Waals surface area contributed by atoms with Crippen LogP contribution in [0, 0.1) is 0 Å². The van der Waals surface area contributed by atoms with E-state index in [0.29, 0.717) is 0 Å². The summed E-state index contributed by atoms with van der Waals surface area (Å²) in [4.78, 5) is 0. The van der Waals surface area contributed by atoms with E-state index >= 15 is 0 Å². The van der Waals surface area contributed by atoms with Crippen LogP contribution in [0.15, 0.2) is 0 Å². The second kappa shape index (κ2) is 14.4. The van der Waals surface area contributed by atoms with E-state index in [1.54, 1.807) is 0 Å². The van der Waals surface area contributed by atoms with Crippen molar-refractivity contribution in [3.63, 3.8) is 0 Å². The van der Waals surface area contributed by atoms with Gasteiger partial charge in [0, 0.05) is 13.2 Å². The molecule has 5 heteroatoms. The number of rotatable bonds is 12. The van der Waals surface area contributed by atoms with Crippen LogP contribution in [-0.4, -0.2) is 77.6 Å². The summed E-state index contributed by atoms with van der Waals surface area (Å²) in [5, 5.41) is 0. The van der Waals surface area contributed by atoms with Crippen LogP contribution < -0.4 is 34.0 Å². The highest BCUT2D eigenvalue weighted by atomic mass is 79.9. The Bertz CT molecular complexity index is 191. The summed E-state index contributed by atoms with van der Waals surface area (Å²) in [7, 11) is 13.5. The molecule has 0 aliphatic heterocycles. The molecule has 0 fully saturated rings. The summed E-state index contributed by atoms with van der Waals surface area (Å²) in [6, 6.07) is 0. The van der Waals surface area contributed by atoms with Crippen molar-refractivity contribution >= 4 is 0 Å². The number of quaternary nitrogens is 2. The van der Waals surface area contributed by atoms with E-state index < -0.39 is 0 Å². The Morgan fingerprint density at radius 3 is 1.14 bits per heavy atom. The SMILES string of the molecule is C[N+](C)(C)CCCCCOCCCCC[N+](C)(C)C.[Br-].[Br-]. The molecule has 21 heavy (non-hydrogen) atoms. The van der Waals surface area contributed by atoms with Gasteiger partial charge in [0.05, 0.1) is 55.4 Å². The van der Waals surface area contributed by atoms with Crippen molar-refractivity contribution in [2.24, 2.45) is 0 Å². The van der Waals surface area contributed by atoms with Crippen LogP contribution >= 0.6 is 0 Å². The van der Waals surface area contributed by atoms with Gasteiger partial charge < -0.3 is 47.7 Å². The van der Waals surface area contributed by atoms with Crippen LogP contribution in [0.4, 0.5) is 0 Å². The molecule has 0 N–H and O–H groups in total. The fourth-order valence-electron chi connectivity index (χ4n) is 2.04. The summed E-state index contributed by atoms with van der Waals surface area (Å²) in [5.74, 6) is 0. The molecular formula is C16H38Br2N2O. The Hall–Kier alpha value is 0.840. The van der Waals surface area contributed by atoms with Crippen molar-refractivity contribution in [1.82, 2.24) is 0 Å². The van der Waals surface area contributed by atoms with Crippen molar-refractivity contribution in [2.75, 3.05) is 68.6 Å². The molecule has 132 valence electrons. The van der Waals surface area contributed by atoms with Crippen LogP contribution in [0.5, 0.6) is 0 Å². The zero-order valence-electron chi connectivity index (χ0n) is 15.1. The van der Waals surface area contributed by atoms with Crippen molar-refractivity contribution in [1.29, 1.82) is 0 Å². The van der Waals surface area contributed by atoms with Crippen molar-refractivity contribution in [3.8, 4) is 0 Å². The maximum atomic E-state index is 5.69. The molecule has 0 aromatic heterocycles. The summed E-state index contributed by atoms with van der Waals surface area (Å²) in [5.41, 5.74) is 0. The van der Waals surface area contributed by atoms with Gasteiger partial charge in [-0.1, -0.05) is 0 Å². The third-order valence-electron chi connectivity index (χ3n) is 3.24. The van der Waals surface area contributed by atoms with Gasteiger partial charge in [-0.15, -0.1) is 0 Å². The first-order valence-corrected chi connectivity index (χ1v) is 7.89. The van der Waals surface area contributed by atoms with E-state index in [2.05, 4.69) is 42.3 Å². The zero-order chi connectivity index (χ0) is 14.8. The molecule has 0 aliphatic carbocycles. The number of halogens is 2. The monoisotopic (exact) mass is 432 g/mol. The Morgan fingerprint density at radius 2 is 0.857 bits per heavy atom. The fourth-order valence-corrected chi connectivity index (χ4v) is 2.04. The van der Waals surface area contributed by atoms with Crippen LogP contribution in [-0.2, 0) is 4.74 Å². The first kappa shape index (κ1) is 26.7. The van der Waals surface area contributed by atoms with Gasteiger partial charge in [-0.2, -0.15) is 0 Å². The normalized spacial score (nSPS) is 11.7. The van der Waals surface area contributed by atoms with Crippen LogP contribution in [0.3, 0.4) is 0 Å². The van der Waals surface area contributed by atoms with E-state index in [4.69, 9.17) is 4.74 Å². The topological polar surface area (TPSA) is 9.23 Å². The molecule has 0 bridgehead atoms. The predicted octanol–water partition coefficient (Wildman–Crippen LogP) is -3.24. The molecule has 0 atom stereocenters. The molecule has 0 saturated heterocycles.